The van der Waals surface area contributed by atoms with Crippen LogP contribution in [-0.2, 0) is 28.7 Å². The molecule has 0 aliphatic heterocycles. The Kier molecular flexibility index (Phi) is 6.74. The Morgan fingerprint density at radius 3 is 2.69 bits per heavy atom. The molecule has 3 rings (SSSR count). The highest BCUT2D eigenvalue weighted by molar-refractivity contribution is 7.90. The van der Waals surface area contributed by atoms with Crippen LogP contribution < -0.4 is 5.32 Å². The summed E-state index contributed by atoms with van der Waals surface area (Å²) in [4.78, 5) is 18.4. The second kappa shape index (κ2) is 9.26. The highest BCUT2D eigenvalue weighted by atomic mass is 32.2. The number of imidazole rings is 1. The summed E-state index contributed by atoms with van der Waals surface area (Å²) >= 11 is 0. The van der Waals surface area contributed by atoms with E-state index in [4.69, 9.17) is 0 Å². The fourth-order valence-corrected chi connectivity index (χ4v) is 4.74. The van der Waals surface area contributed by atoms with Gasteiger partial charge in [0.15, 0.2) is 0 Å². The number of amides is 2. The summed E-state index contributed by atoms with van der Waals surface area (Å²) < 4.78 is 27.7. The minimum Gasteiger partial charge on any atom is -0.338 e. The summed E-state index contributed by atoms with van der Waals surface area (Å²) in [5.41, 5.74) is 1.39. The molecule has 1 aliphatic rings. The normalized spacial score (nSPS) is 13.8. The van der Waals surface area contributed by atoms with Crippen molar-refractivity contribution in [3.8, 4) is 0 Å². The molecule has 1 aliphatic carbocycles. The van der Waals surface area contributed by atoms with Gasteiger partial charge >= 0.3 is 6.03 Å². The monoisotopic (exact) mass is 416 g/mol. The Bertz CT molecular complexity index is 950. The number of benzene rings is 1. The Hall–Kier alpha value is -2.61. The molecule has 1 saturated carbocycles. The van der Waals surface area contributed by atoms with E-state index >= 15 is 0 Å². The predicted molar refractivity (Wildman–Crippen MR) is 112 cm³/mol. The maximum atomic E-state index is 13.0. The van der Waals surface area contributed by atoms with Crippen molar-refractivity contribution in [1.29, 1.82) is 0 Å². The second-order valence-corrected chi connectivity index (χ2v) is 9.22. The highest BCUT2D eigenvalue weighted by Gasteiger charge is 2.29. The zero-order valence-electron chi connectivity index (χ0n) is 16.8. The number of carbonyl (C=O) groups is 1. The summed E-state index contributed by atoms with van der Waals surface area (Å²) in [6.45, 7) is 7.46. The van der Waals surface area contributed by atoms with Crippen LogP contribution in [0.2, 0.25) is 0 Å². The average molecular weight is 417 g/mol. The Labute approximate surface area is 172 Å². The van der Waals surface area contributed by atoms with Crippen LogP contribution in [0.15, 0.2) is 54.3 Å². The van der Waals surface area contributed by atoms with Crippen LogP contribution in [0, 0.1) is 5.92 Å². The first kappa shape index (κ1) is 21.1. The standard InChI is InChI=1S/C21H28N4O3S/c1-3-12-25-19(15-24(14-17-10-11-17)20(26)22-4-2)13-23-21(25)29(27,28)16-18-8-6-5-7-9-18/h3,5-9,13,17H,1,4,10-12,14-16H2,2H3,(H,22,26). The molecule has 1 N–H and O–H groups in total. The fourth-order valence-electron chi connectivity index (χ4n) is 3.24. The molecule has 2 amide bonds. The van der Waals surface area contributed by atoms with Gasteiger partial charge in [0, 0.05) is 19.6 Å². The van der Waals surface area contributed by atoms with Gasteiger partial charge in [-0.15, -0.1) is 6.58 Å². The first-order valence-electron chi connectivity index (χ1n) is 9.89. The van der Waals surface area contributed by atoms with E-state index in [1.54, 1.807) is 33.9 Å². The quantitative estimate of drug-likeness (QED) is 0.604. The van der Waals surface area contributed by atoms with Crippen LogP contribution in [0.1, 0.15) is 31.0 Å². The van der Waals surface area contributed by atoms with E-state index in [9.17, 15) is 13.2 Å². The smallest absolute Gasteiger partial charge is 0.317 e. The molecule has 0 saturated heterocycles. The Balaban J connectivity index is 1.86. The summed E-state index contributed by atoms with van der Waals surface area (Å²) in [6.07, 6.45) is 5.45. The average Bonchev–Trinajstić information content (AvgIpc) is 3.41. The van der Waals surface area contributed by atoms with E-state index in [-0.39, 0.29) is 16.9 Å². The number of urea groups is 1. The van der Waals surface area contributed by atoms with Gasteiger partial charge in [-0.2, -0.15) is 0 Å². The first-order valence-corrected chi connectivity index (χ1v) is 11.5. The minimum absolute atomic E-state index is 0.0125. The van der Waals surface area contributed by atoms with E-state index in [1.807, 2.05) is 25.1 Å². The van der Waals surface area contributed by atoms with Crippen molar-refractivity contribution in [2.75, 3.05) is 13.1 Å². The maximum absolute atomic E-state index is 13.0. The summed E-state index contributed by atoms with van der Waals surface area (Å²) in [7, 11) is -3.64. The molecule has 1 heterocycles. The van der Waals surface area contributed by atoms with Gasteiger partial charge in [0.1, 0.15) is 0 Å². The van der Waals surface area contributed by atoms with Crippen molar-refractivity contribution in [2.24, 2.45) is 5.92 Å². The molecular weight excluding hydrogens is 388 g/mol. The van der Waals surface area contributed by atoms with Crippen LogP contribution in [0.4, 0.5) is 4.79 Å². The fraction of sp³-hybridized carbons (Fsp3) is 0.429. The minimum atomic E-state index is -3.64. The third-order valence-corrected chi connectivity index (χ3v) is 6.43. The lowest BCUT2D eigenvalue weighted by atomic mass is 10.2. The molecular formula is C21H28N4O3S. The first-order chi connectivity index (χ1) is 13.9. The molecule has 29 heavy (non-hydrogen) atoms. The van der Waals surface area contributed by atoms with Crippen LogP contribution >= 0.6 is 0 Å². The van der Waals surface area contributed by atoms with Gasteiger partial charge in [-0.05, 0) is 31.2 Å². The van der Waals surface area contributed by atoms with Crippen molar-refractivity contribution in [1.82, 2.24) is 19.8 Å². The number of nitrogens with zero attached hydrogens (tertiary/aromatic N) is 3. The summed E-state index contributed by atoms with van der Waals surface area (Å²) in [5, 5.41) is 2.85. The molecule has 0 spiro atoms. The molecule has 0 radical (unpaired) electrons. The largest absolute Gasteiger partial charge is 0.338 e. The number of aromatic nitrogens is 2. The van der Waals surface area contributed by atoms with Gasteiger partial charge < -0.3 is 14.8 Å². The third-order valence-electron chi connectivity index (χ3n) is 4.83. The predicted octanol–water partition coefficient (Wildman–Crippen LogP) is 2.98. The third kappa shape index (κ3) is 5.47. The van der Waals surface area contributed by atoms with Gasteiger partial charge in [-0.25, -0.2) is 18.2 Å². The van der Waals surface area contributed by atoms with Crippen LogP contribution in [-0.4, -0.2) is 42.0 Å². The highest BCUT2D eigenvalue weighted by Crippen LogP contribution is 2.30. The number of allylic oxidation sites excluding steroid dienone is 1. The number of rotatable bonds is 10. The van der Waals surface area contributed by atoms with E-state index in [0.717, 1.165) is 12.8 Å². The van der Waals surface area contributed by atoms with E-state index in [2.05, 4.69) is 16.9 Å². The number of hydrogen-bond donors (Lipinski definition) is 1. The van der Waals surface area contributed by atoms with Crippen molar-refractivity contribution in [3.05, 3.63) is 60.4 Å². The molecule has 2 aromatic rings. The van der Waals surface area contributed by atoms with Crippen molar-refractivity contribution >= 4 is 15.9 Å². The topological polar surface area (TPSA) is 84.3 Å². The van der Waals surface area contributed by atoms with E-state index in [1.165, 1.54) is 0 Å². The van der Waals surface area contributed by atoms with Crippen molar-refractivity contribution in [3.63, 3.8) is 0 Å². The Morgan fingerprint density at radius 2 is 2.07 bits per heavy atom. The van der Waals surface area contributed by atoms with Gasteiger partial charge in [0.05, 0.1) is 24.2 Å². The molecule has 156 valence electrons. The lowest BCUT2D eigenvalue weighted by Gasteiger charge is -2.23. The molecule has 8 heteroatoms. The molecule has 1 aromatic carbocycles. The van der Waals surface area contributed by atoms with E-state index < -0.39 is 9.84 Å². The summed E-state index contributed by atoms with van der Waals surface area (Å²) in [6, 6.07) is 8.91. The molecule has 1 aromatic heterocycles. The van der Waals surface area contributed by atoms with Gasteiger partial charge in [0.2, 0.25) is 15.0 Å². The number of carbonyl (C=O) groups excluding carboxylic acids is 1. The lowest BCUT2D eigenvalue weighted by molar-refractivity contribution is 0.191. The molecule has 0 unspecified atom stereocenters. The van der Waals surface area contributed by atoms with Gasteiger partial charge in [0.25, 0.3) is 0 Å². The van der Waals surface area contributed by atoms with Gasteiger partial charge in [-0.1, -0.05) is 36.4 Å². The van der Waals surface area contributed by atoms with Gasteiger partial charge in [-0.3, -0.25) is 0 Å². The molecule has 0 bridgehead atoms. The second-order valence-electron chi connectivity index (χ2n) is 7.34. The lowest BCUT2D eigenvalue weighted by Crippen LogP contribution is -2.41. The van der Waals surface area contributed by atoms with Crippen LogP contribution in [0.5, 0.6) is 0 Å². The Morgan fingerprint density at radius 1 is 1.34 bits per heavy atom. The number of hydrogen-bond acceptors (Lipinski definition) is 4. The zero-order valence-corrected chi connectivity index (χ0v) is 17.6. The number of sulfone groups is 1. The zero-order chi connectivity index (χ0) is 20.9. The van der Waals surface area contributed by atoms with Crippen LogP contribution in [0.25, 0.3) is 0 Å². The van der Waals surface area contributed by atoms with Crippen molar-refractivity contribution in [2.45, 2.75) is 43.8 Å². The van der Waals surface area contributed by atoms with E-state index in [0.29, 0.717) is 43.4 Å². The molecule has 0 atom stereocenters. The van der Waals surface area contributed by atoms with Crippen LogP contribution in [0.3, 0.4) is 0 Å². The summed E-state index contributed by atoms with van der Waals surface area (Å²) in [5.74, 6) is 0.401. The molecule has 7 nitrogen and oxygen atoms in total. The number of nitrogens with one attached hydrogen (secondary N) is 1. The molecule has 1 fully saturated rings. The van der Waals surface area contributed by atoms with Crippen molar-refractivity contribution < 1.29 is 13.2 Å². The SMILES string of the molecule is C=CCn1c(CN(CC2CC2)C(=O)NCC)cnc1S(=O)(=O)Cc1ccccc1. The maximum Gasteiger partial charge on any atom is 0.317 e.